The van der Waals surface area contributed by atoms with Gasteiger partial charge in [-0.25, -0.2) is 0 Å². The number of hydrogen-bond acceptors (Lipinski definition) is 3. The van der Waals surface area contributed by atoms with Crippen molar-refractivity contribution in [1.82, 2.24) is 15.1 Å². The van der Waals surface area contributed by atoms with Crippen molar-refractivity contribution in [3.8, 4) is 0 Å². The minimum Gasteiger partial charge on any atom is -0.366 e. The molecule has 3 N–H and O–H groups in total. The van der Waals surface area contributed by atoms with Gasteiger partial charge in [0.15, 0.2) is 0 Å². The van der Waals surface area contributed by atoms with Crippen molar-refractivity contribution >= 4 is 5.91 Å². The molecule has 122 valence electrons. The highest BCUT2D eigenvalue weighted by Crippen LogP contribution is 2.45. The summed E-state index contributed by atoms with van der Waals surface area (Å²) in [7, 11) is 1.58. The summed E-state index contributed by atoms with van der Waals surface area (Å²) < 4.78 is 42.2. The van der Waals surface area contributed by atoms with Crippen LogP contribution in [0.15, 0.2) is 30.5 Å². The molecule has 3 rings (SSSR count). The lowest BCUT2D eigenvalue weighted by atomic mass is 9.89. The summed E-state index contributed by atoms with van der Waals surface area (Å²) in [6, 6.07) is 4.95. The van der Waals surface area contributed by atoms with E-state index in [1.165, 1.54) is 35.1 Å². The van der Waals surface area contributed by atoms with Crippen molar-refractivity contribution in [2.75, 3.05) is 0 Å². The summed E-state index contributed by atoms with van der Waals surface area (Å²) >= 11 is 0. The van der Waals surface area contributed by atoms with Gasteiger partial charge in [0.25, 0.3) is 0 Å². The zero-order valence-electron chi connectivity index (χ0n) is 12.3. The van der Waals surface area contributed by atoms with Crippen LogP contribution in [0.3, 0.4) is 0 Å². The van der Waals surface area contributed by atoms with Crippen molar-refractivity contribution in [3.05, 3.63) is 52.8 Å². The standard InChI is InChI=1S/C15H15F3N4O/c1-22-5-4-11(21-22)12(15(16,17)18)13-10-3-2-8(14(19)23)6-9(10)7-20-13/h2-6,12-13,20H,7H2,1H3,(H2,19,23)/t12-,13?/m0/s1. The van der Waals surface area contributed by atoms with Crippen LogP contribution in [0.2, 0.25) is 0 Å². The highest BCUT2D eigenvalue weighted by molar-refractivity contribution is 5.93. The van der Waals surface area contributed by atoms with Gasteiger partial charge in [0.1, 0.15) is 5.92 Å². The molecule has 1 aliphatic rings. The molecule has 2 aromatic rings. The van der Waals surface area contributed by atoms with E-state index in [1.54, 1.807) is 7.05 Å². The van der Waals surface area contributed by atoms with Gasteiger partial charge in [0.05, 0.1) is 5.69 Å². The maximum Gasteiger partial charge on any atom is 0.399 e. The third-order valence-corrected chi connectivity index (χ3v) is 4.01. The average molecular weight is 324 g/mol. The van der Waals surface area contributed by atoms with E-state index >= 15 is 0 Å². The molecule has 0 saturated heterocycles. The van der Waals surface area contributed by atoms with E-state index in [4.69, 9.17) is 5.73 Å². The van der Waals surface area contributed by atoms with Crippen LogP contribution < -0.4 is 11.1 Å². The van der Waals surface area contributed by atoms with Crippen molar-refractivity contribution in [1.29, 1.82) is 0 Å². The highest BCUT2D eigenvalue weighted by Gasteiger charge is 2.49. The molecule has 0 radical (unpaired) electrons. The Balaban J connectivity index is 2.02. The second-order valence-corrected chi connectivity index (χ2v) is 5.57. The van der Waals surface area contributed by atoms with Crippen LogP contribution in [0.5, 0.6) is 0 Å². The Morgan fingerprint density at radius 1 is 1.43 bits per heavy atom. The average Bonchev–Trinajstić information content (AvgIpc) is 3.04. The van der Waals surface area contributed by atoms with Crippen LogP contribution in [0.4, 0.5) is 13.2 Å². The predicted molar refractivity (Wildman–Crippen MR) is 76.5 cm³/mol. The number of aromatic nitrogens is 2. The fourth-order valence-electron chi connectivity index (χ4n) is 2.97. The molecule has 5 nitrogen and oxygen atoms in total. The van der Waals surface area contributed by atoms with Crippen LogP contribution in [0.25, 0.3) is 0 Å². The number of rotatable bonds is 3. The molecule has 0 saturated carbocycles. The Morgan fingerprint density at radius 3 is 2.74 bits per heavy atom. The van der Waals surface area contributed by atoms with Gasteiger partial charge in [-0.2, -0.15) is 18.3 Å². The van der Waals surface area contributed by atoms with Gasteiger partial charge in [0.2, 0.25) is 5.91 Å². The van der Waals surface area contributed by atoms with Gasteiger partial charge < -0.3 is 11.1 Å². The molecular formula is C15H15F3N4O. The zero-order valence-corrected chi connectivity index (χ0v) is 12.3. The third kappa shape index (κ3) is 2.81. The number of hydrogen-bond donors (Lipinski definition) is 2. The molecule has 1 aliphatic heterocycles. The first-order valence-electron chi connectivity index (χ1n) is 6.99. The van der Waals surface area contributed by atoms with E-state index in [2.05, 4.69) is 10.4 Å². The smallest absolute Gasteiger partial charge is 0.366 e. The van der Waals surface area contributed by atoms with Gasteiger partial charge >= 0.3 is 6.18 Å². The number of halogens is 3. The second kappa shape index (κ2) is 5.38. The molecule has 2 heterocycles. The number of fused-ring (bicyclic) bond motifs is 1. The molecule has 23 heavy (non-hydrogen) atoms. The van der Waals surface area contributed by atoms with Crippen molar-refractivity contribution in [3.63, 3.8) is 0 Å². The summed E-state index contributed by atoms with van der Waals surface area (Å²) in [5.41, 5.74) is 6.63. The number of amides is 1. The number of carbonyl (C=O) groups is 1. The number of benzene rings is 1. The maximum atomic E-state index is 13.6. The Morgan fingerprint density at radius 2 is 2.17 bits per heavy atom. The van der Waals surface area contributed by atoms with Crippen molar-refractivity contribution in [2.24, 2.45) is 12.8 Å². The first-order chi connectivity index (χ1) is 10.8. The Labute approximate surface area is 130 Å². The van der Waals surface area contributed by atoms with E-state index in [1.807, 2.05) is 0 Å². The lowest BCUT2D eigenvalue weighted by Crippen LogP contribution is -2.32. The second-order valence-electron chi connectivity index (χ2n) is 5.57. The molecule has 2 atom stereocenters. The number of nitrogens with zero attached hydrogens (tertiary/aromatic N) is 2. The van der Waals surface area contributed by atoms with Crippen molar-refractivity contribution < 1.29 is 18.0 Å². The molecule has 0 bridgehead atoms. The molecular weight excluding hydrogens is 309 g/mol. The fourth-order valence-corrected chi connectivity index (χ4v) is 2.97. The van der Waals surface area contributed by atoms with E-state index in [0.717, 1.165) is 0 Å². The topological polar surface area (TPSA) is 72.9 Å². The lowest BCUT2D eigenvalue weighted by molar-refractivity contribution is -0.158. The fraction of sp³-hybridized carbons (Fsp3) is 0.333. The number of carbonyl (C=O) groups excluding carboxylic acids is 1. The van der Waals surface area contributed by atoms with Crippen LogP contribution in [-0.2, 0) is 13.6 Å². The maximum absolute atomic E-state index is 13.6. The molecule has 0 spiro atoms. The largest absolute Gasteiger partial charge is 0.399 e. The molecule has 0 fully saturated rings. The van der Waals surface area contributed by atoms with Crippen LogP contribution >= 0.6 is 0 Å². The Bertz CT molecular complexity index is 753. The molecule has 1 aromatic heterocycles. The van der Waals surface area contributed by atoms with Gasteiger partial charge in [-0.05, 0) is 29.3 Å². The number of primary amides is 1. The molecule has 1 unspecified atom stereocenters. The minimum atomic E-state index is -4.45. The lowest BCUT2D eigenvalue weighted by Gasteiger charge is -2.25. The van der Waals surface area contributed by atoms with Crippen molar-refractivity contribution in [2.45, 2.75) is 24.7 Å². The van der Waals surface area contributed by atoms with Gasteiger partial charge in [0, 0.05) is 31.4 Å². The first-order valence-corrected chi connectivity index (χ1v) is 6.99. The summed E-state index contributed by atoms with van der Waals surface area (Å²) in [4.78, 5) is 11.2. The summed E-state index contributed by atoms with van der Waals surface area (Å²) in [5.74, 6) is -2.36. The highest BCUT2D eigenvalue weighted by atomic mass is 19.4. The normalized spacial score (nSPS) is 18.7. The van der Waals surface area contributed by atoms with Gasteiger partial charge in [-0.15, -0.1) is 0 Å². The van der Waals surface area contributed by atoms with Gasteiger partial charge in [-0.1, -0.05) is 6.07 Å². The van der Waals surface area contributed by atoms with E-state index in [-0.39, 0.29) is 17.8 Å². The number of nitrogens with two attached hydrogens (primary N) is 1. The first kappa shape index (κ1) is 15.5. The molecule has 1 aromatic carbocycles. The molecule has 0 aliphatic carbocycles. The summed E-state index contributed by atoms with van der Waals surface area (Å²) in [6.45, 7) is 0.251. The molecule has 1 amide bonds. The SMILES string of the molecule is Cn1ccc([C@@H](C2NCc3cc(C(N)=O)ccc32)C(F)(F)F)n1. The monoisotopic (exact) mass is 324 g/mol. The van der Waals surface area contributed by atoms with E-state index < -0.39 is 24.0 Å². The summed E-state index contributed by atoms with van der Waals surface area (Å²) in [6.07, 6.45) is -2.96. The summed E-state index contributed by atoms with van der Waals surface area (Å²) in [5, 5.41) is 6.80. The minimum absolute atomic E-state index is 0.0377. The third-order valence-electron chi connectivity index (χ3n) is 4.01. The van der Waals surface area contributed by atoms with Crippen LogP contribution in [0.1, 0.15) is 39.1 Å². The number of nitrogens with one attached hydrogen (secondary N) is 1. The Hall–Kier alpha value is -2.35. The Kier molecular flexibility index (Phi) is 3.63. The quantitative estimate of drug-likeness (QED) is 0.907. The molecule has 8 heteroatoms. The zero-order chi connectivity index (χ0) is 16.8. The number of aryl methyl sites for hydroxylation is 1. The van der Waals surface area contributed by atoms with Crippen LogP contribution in [-0.4, -0.2) is 21.9 Å². The number of alkyl halides is 3. The van der Waals surface area contributed by atoms with E-state index in [0.29, 0.717) is 11.1 Å². The van der Waals surface area contributed by atoms with E-state index in [9.17, 15) is 18.0 Å². The van der Waals surface area contributed by atoms with Crippen LogP contribution in [0, 0.1) is 0 Å². The van der Waals surface area contributed by atoms with Gasteiger partial charge in [-0.3, -0.25) is 9.48 Å². The predicted octanol–water partition coefficient (Wildman–Crippen LogP) is 2.01.